The molecule has 4 nitrogen and oxygen atoms in total. The molecule has 26 heavy (non-hydrogen) atoms. The molecule has 0 aliphatic rings. The van der Waals surface area contributed by atoms with Crippen molar-refractivity contribution in [1.82, 2.24) is 0 Å². The van der Waals surface area contributed by atoms with Gasteiger partial charge >= 0.3 is 11.9 Å². The fourth-order valence-electron chi connectivity index (χ4n) is 2.92. The van der Waals surface area contributed by atoms with E-state index >= 15 is 0 Å². The second kappa shape index (κ2) is 16.1. The molecular weight excluding hydrogens is 328 g/mol. The third kappa shape index (κ3) is 16.4. The maximum Gasteiger partial charge on any atom is 0.308 e. The highest BCUT2D eigenvalue weighted by molar-refractivity contribution is 5.72. The second-order valence-electron chi connectivity index (χ2n) is 8.00. The normalized spacial score (nSPS) is 12.4. The fourth-order valence-corrected chi connectivity index (χ4v) is 2.92. The van der Waals surface area contributed by atoms with Crippen LogP contribution in [0.3, 0.4) is 0 Å². The van der Waals surface area contributed by atoms with Crippen LogP contribution in [0, 0.1) is 5.92 Å². The molecule has 4 heteroatoms. The van der Waals surface area contributed by atoms with E-state index in [4.69, 9.17) is 9.47 Å². The lowest BCUT2D eigenvalue weighted by molar-refractivity contribution is -0.152. The first-order valence-electron chi connectivity index (χ1n) is 10.7. The molecule has 0 bridgehead atoms. The predicted octanol–water partition coefficient (Wildman–Crippen LogP) is 6.21. The van der Waals surface area contributed by atoms with Crippen molar-refractivity contribution >= 4 is 11.9 Å². The summed E-state index contributed by atoms with van der Waals surface area (Å²) in [5.41, 5.74) is 0. The summed E-state index contributed by atoms with van der Waals surface area (Å²) in [5.74, 6) is -0.0977. The summed E-state index contributed by atoms with van der Waals surface area (Å²) >= 11 is 0. The first-order valence-corrected chi connectivity index (χ1v) is 10.7. The molecule has 0 radical (unpaired) electrons. The van der Waals surface area contributed by atoms with E-state index in [0.29, 0.717) is 6.42 Å². The summed E-state index contributed by atoms with van der Waals surface area (Å²) in [5, 5.41) is 0. The summed E-state index contributed by atoms with van der Waals surface area (Å²) < 4.78 is 10.3. The summed E-state index contributed by atoms with van der Waals surface area (Å²) in [7, 11) is 0. The standard InChI is InChI=1S/C22H42O4/c1-18(2)25-21(23)17-15-13-11-9-7-6-8-10-12-14-16-20(5)22(24)26-19(3)4/h18-20H,6-17H2,1-5H3. The second-order valence-corrected chi connectivity index (χ2v) is 8.00. The van der Waals surface area contributed by atoms with Crippen LogP contribution in [0.25, 0.3) is 0 Å². The van der Waals surface area contributed by atoms with Gasteiger partial charge in [-0.1, -0.05) is 64.7 Å². The van der Waals surface area contributed by atoms with Gasteiger partial charge in [0, 0.05) is 6.42 Å². The van der Waals surface area contributed by atoms with Crippen molar-refractivity contribution in [1.29, 1.82) is 0 Å². The van der Waals surface area contributed by atoms with Gasteiger partial charge in [-0.3, -0.25) is 9.59 Å². The zero-order valence-electron chi connectivity index (χ0n) is 17.9. The highest BCUT2D eigenvalue weighted by atomic mass is 16.5. The van der Waals surface area contributed by atoms with E-state index in [-0.39, 0.29) is 30.1 Å². The van der Waals surface area contributed by atoms with Crippen LogP contribution in [0.1, 0.15) is 112 Å². The molecule has 0 saturated heterocycles. The molecule has 0 aliphatic carbocycles. The van der Waals surface area contributed by atoms with Gasteiger partial charge in [-0.15, -0.1) is 0 Å². The SMILES string of the molecule is CC(C)OC(=O)CCCCCCCCCCCCC(C)C(=O)OC(C)C. The van der Waals surface area contributed by atoms with E-state index in [9.17, 15) is 9.59 Å². The van der Waals surface area contributed by atoms with Crippen molar-refractivity contribution in [3.05, 3.63) is 0 Å². The minimum Gasteiger partial charge on any atom is -0.463 e. The monoisotopic (exact) mass is 370 g/mol. The Kier molecular flexibility index (Phi) is 15.5. The van der Waals surface area contributed by atoms with E-state index in [2.05, 4.69) is 0 Å². The molecule has 0 heterocycles. The quantitative estimate of drug-likeness (QED) is 0.239. The number of ether oxygens (including phenoxy) is 2. The number of hydrogen-bond donors (Lipinski definition) is 0. The van der Waals surface area contributed by atoms with Crippen LogP contribution in [0.15, 0.2) is 0 Å². The number of carbonyl (C=O) groups is 2. The van der Waals surface area contributed by atoms with E-state index in [1.54, 1.807) is 0 Å². The molecular formula is C22H42O4. The Balaban J connectivity index is 3.32. The molecule has 0 amide bonds. The van der Waals surface area contributed by atoms with Gasteiger partial charge in [0.1, 0.15) is 0 Å². The lowest BCUT2D eigenvalue weighted by Crippen LogP contribution is -2.18. The van der Waals surface area contributed by atoms with Crippen molar-refractivity contribution in [2.75, 3.05) is 0 Å². The molecule has 0 rings (SSSR count). The Morgan fingerprint density at radius 3 is 1.50 bits per heavy atom. The highest BCUT2D eigenvalue weighted by Gasteiger charge is 2.14. The van der Waals surface area contributed by atoms with Crippen molar-refractivity contribution in [2.45, 2.75) is 124 Å². The molecule has 0 aromatic rings. The Labute approximate surface area is 161 Å². The zero-order valence-corrected chi connectivity index (χ0v) is 17.9. The van der Waals surface area contributed by atoms with Crippen LogP contribution in [-0.4, -0.2) is 24.1 Å². The van der Waals surface area contributed by atoms with Crippen molar-refractivity contribution in [3.63, 3.8) is 0 Å². The Bertz CT molecular complexity index is 363. The first-order chi connectivity index (χ1) is 12.3. The summed E-state index contributed by atoms with van der Waals surface area (Å²) in [6.45, 7) is 9.53. The summed E-state index contributed by atoms with van der Waals surface area (Å²) in [4.78, 5) is 23.1. The lowest BCUT2D eigenvalue weighted by atomic mass is 10.0. The minimum absolute atomic E-state index is 0.000396. The Hall–Kier alpha value is -1.06. The molecule has 0 spiro atoms. The third-order valence-electron chi connectivity index (χ3n) is 4.39. The first kappa shape index (κ1) is 24.9. The maximum absolute atomic E-state index is 11.7. The Morgan fingerprint density at radius 2 is 1.04 bits per heavy atom. The van der Waals surface area contributed by atoms with Crippen LogP contribution in [0.5, 0.6) is 0 Å². The van der Waals surface area contributed by atoms with Crippen LogP contribution in [0.2, 0.25) is 0 Å². The van der Waals surface area contributed by atoms with Crippen LogP contribution in [0.4, 0.5) is 0 Å². The molecule has 0 aromatic carbocycles. The average molecular weight is 371 g/mol. The number of hydrogen-bond acceptors (Lipinski definition) is 4. The van der Waals surface area contributed by atoms with E-state index in [0.717, 1.165) is 25.7 Å². The van der Waals surface area contributed by atoms with Crippen LogP contribution >= 0.6 is 0 Å². The number of esters is 2. The fraction of sp³-hybridized carbons (Fsp3) is 0.909. The summed E-state index contributed by atoms with van der Waals surface area (Å²) in [6.07, 6.45) is 13.5. The largest absolute Gasteiger partial charge is 0.463 e. The smallest absolute Gasteiger partial charge is 0.308 e. The zero-order chi connectivity index (χ0) is 19.8. The minimum atomic E-state index is -0.0632. The van der Waals surface area contributed by atoms with Gasteiger partial charge in [0.15, 0.2) is 0 Å². The van der Waals surface area contributed by atoms with Crippen molar-refractivity contribution in [2.24, 2.45) is 5.92 Å². The van der Waals surface area contributed by atoms with E-state index in [1.165, 1.54) is 44.9 Å². The average Bonchev–Trinajstić information content (AvgIpc) is 2.54. The van der Waals surface area contributed by atoms with Crippen LogP contribution in [-0.2, 0) is 19.1 Å². The highest BCUT2D eigenvalue weighted by Crippen LogP contribution is 2.15. The summed E-state index contributed by atoms with van der Waals surface area (Å²) in [6, 6.07) is 0. The van der Waals surface area contributed by atoms with Crippen LogP contribution < -0.4 is 0 Å². The third-order valence-corrected chi connectivity index (χ3v) is 4.39. The lowest BCUT2D eigenvalue weighted by Gasteiger charge is -2.13. The van der Waals surface area contributed by atoms with Gasteiger partial charge in [-0.05, 0) is 40.5 Å². The predicted molar refractivity (Wildman–Crippen MR) is 107 cm³/mol. The van der Waals surface area contributed by atoms with E-state index in [1.807, 2.05) is 34.6 Å². The van der Waals surface area contributed by atoms with Gasteiger partial charge in [0.25, 0.3) is 0 Å². The molecule has 0 N–H and O–H groups in total. The maximum atomic E-state index is 11.7. The van der Waals surface area contributed by atoms with Gasteiger partial charge in [0.05, 0.1) is 18.1 Å². The number of carbonyl (C=O) groups excluding carboxylic acids is 2. The Morgan fingerprint density at radius 1 is 0.615 bits per heavy atom. The van der Waals surface area contributed by atoms with E-state index < -0.39 is 0 Å². The molecule has 1 atom stereocenters. The molecule has 154 valence electrons. The van der Waals surface area contributed by atoms with Crippen molar-refractivity contribution in [3.8, 4) is 0 Å². The molecule has 0 saturated carbocycles. The number of unbranched alkanes of at least 4 members (excludes halogenated alkanes) is 9. The molecule has 0 aromatic heterocycles. The van der Waals surface area contributed by atoms with Gasteiger partial charge < -0.3 is 9.47 Å². The number of rotatable bonds is 16. The molecule has 0 aliphatic heterocycles. The van der Waals surface area contributed by atoms with Crippen molar-refractivity contribution < 1.29 is 19.1 Å². The van der Waals surface area contributed by atoms with Gasteiger partial charge in [-0.25, -0.2) is 0 Å². The molecule has 1 unspecified atom stereocenters. The van der Waals surface area contributed by atoms with Gasteiger partial charge in [-0.2, -0.15) is 0 Å². The topological polar surface area (TPSA) is 52.6 Å². The molecule has 0 fully saturated rings. The van der Waals surface area contributed by atoms with Gasteiger partial charge in [0.2, 0.25) is 0 Å².